The largest absolute Gasteiger partial charge is 0.469 e. The van der Waals surface area contributed by atoms with Gasteiger partial charge >= 0.3 is 11.9 Å². The molecule has 4 saturated carbocycles. The van der Waals surface area contributed by atoms with Gasteiger partial charge in [-0.3, -0.25) is 14.4 Å². The molecule has 4 aliphatic carbocycles. The van der Waals surface area contributed by atoms with Gasteiger partial charge in [0, 0.05) is 18.8 Å². The molecule has 6 heteroatoms. The van der Waals surface area contributed by atoms with E-state index in [-0.39, 0.29) is 33.7 Å². The first kappa shape index (κ1) is 25.2. The molecule has 5 nitrogen and oxygen atoms in total. The van der Waals surface area contributed by atoms with Crippen LogP contribution in [0, 0.1) is 46.3 Å². The van der Waals surface area contributed by atoms with Gasteiger partial charge in [-0.25, -0.2) is 0 Å². The molecular weight excluding hydrogens is 484 g/mol. The fourth-order valence-corrected chi connectivity index (χ4v) is 10.4. The van der Waals surface area contributed by atoms with Gasteiger partial charge in [-0.2, -0.15) is 0 Å². The van der Waals surface area contributed by atoms with Crippen molar-refractivity contribution >= 4 is 33.7 Å². The Kier molecular flexibility index (Phi) is 7.08. The lowest BCUT2D eigenvalue weighted by Gasteiger charge is -2.62. The van der Waals surface area contributed by atoms with Crippen LogP contribution in [-0.2, 0) is 23.9 Å². The van der Waals surface area contributed by atoms with Gasteiger partial charge in [-0.1, -0.05) is 36.7 Å². The summed E-state index contributed by atoms with van der Waals surface area (Å²) in [4.78, 5) is 37.2. The van der Waals surface area contributed by atoms with E-state index in [1.165, 1.54) is 20.5 Å². The summed E-state index contributed by atoms with van der Waals surface area (Å²) in [7, 11) is 1.44. The van der Waals surface area contributed by atoms with Crippen molar-refractivity contribution < 1.29 is 23.9 Å². The lowest BCUT2D eigenvalue weighted by Crippen LogP contribution is -2.62. The molecule has 0 bridgehead atoms. The lowest BCUT2D eigenvalue weighted by molar-refractivity contribution is -0.165. The van der Waals surface area contributed by atoms with Crippen molar-refractivity contribution in [1.29, 1.82) is 0 Å². The summed E-state index contributed by atoms with van der Waals surface area (Å²) in [6, 6.07) is 0. The Bertz CT molecular complexity index is 797. The number of fused-ring (bicyclic) bond motifs is 5. The number of hydrogen-bond donors (Lipinski definition) is 0. The van der Waals surface area contributed by atoms with Crippen molar-refractivity contribution in [3.63, 3.8) is 0 Å². The number of esters is 2. The van der Waals surface area contributed by atoms with Gasteiger partial charge in [0.25, 0.3) is 0 Å². The second kappa shape index (κ2) is 9.28. The van der Waals surface area contributed by atoms with Crippen molar-refractivity contribution in [2.75, 3.05) is 7.11 Å². The maximum Gasteiger partial charge on any atom is 0.305 e. The Labute approximate surface area is 207 Å². The molecule has 10 atom stereocenters. The first-order valence-corrected chi connectivity index (χ1v) is 13.9. The minimum Gasteiger partial charge on any atom is -0.469 e. The third kappa shape index (κ3) is 4.10. The van der Waals surface area contributed by atoms with Crippen LogP contribution in [0.2, 0.25) is 0 Å². The van der Waals surface area contributed by atoms with E-state index in [9.17, 15) is 14.4 Å². The minimum absolute atomic E-state index is 0.0296. The Morgan fingerprint density at radius 1 is 1.15 bits per heavy atom. The SMILES string of the molecule is COC(=O)CC[C@@H](C)[C@@H]1CC[C@@H]2[C@@H]3CC[C@@H]4C[C@H](OC(C)=O)CC[C@]4(C)[C@@H]3[C@H](Br)C(=O)[C@]21C. The van der Waals surface area contributed by atoms with Gasteiger partial charge in [0.05, 0.1) is 11.9 Å². The van der Waals surface area contributed by atoms with Crippen molar-refractivity contribution in [3.05, 3.63) is 0 Å². The summed E-state index contributed by atoms with van der Waals surface area (Å²) < 4.78 is 10.4. The second-order valence-corrected chi connectivity index (χ2v) is 12.9. The van der Waals surface area contributed by atoms with Crippen LogP contribution >= 0.6 is 15.9 Å². The predicted octanol–water partition coefficient (Wildman–Crippen LogP) is 5.72. The normalized spacial score (nSPS) is 45.4. The molecule has 0 unspecified atom stereocenters. The number of ketones is 1. The monoisotopic (exact) mass is 524 g/mol. The highest BCUT2D eigenvalue weighted by Crippen LogP contribution is 2.68. The van der Waals surface area contributed by atoms with Crippen molar-refractivity contribution in [2.45, 2.75) is 96.4 Å². The molecule has 0 spiro atoms. The lowest BCUT2D eigenvalue weighted by atomic mass is 9.44. The number of ether oxygens (including phenoxy) is 2. The Morgan fingerprint density at radius 2 is 1.88 bits per heavy atom. The van der Waals surface area contributed by atoms with Crippen LogP contribution in [0.25, 0.3) is 0 Å². The van der Waals surface area contributed by atoms with Gasteiger partial charge in [-0.15, -0.1) is 0 Å². The Balaban J connectivity index is 1.55. The highest BCUT2D eigenvalue weighted by atomic mass is 79.9. The van der Waals surface area contributed by atoms with Gasteiger partial charge < -0.3 is 9.47 Å². The molecule has 4 aliphatic rings. The van der Waals surface area contributed by atoms with E-state index in [0.29, 0.717) is 47.7 Å². The quantitative estimate of drug-likeness (QED) is 0.339. The fourth-order valence-electron chi connectivity index (χ4n) is 8.92. The zero-order valence-corrected chi connectivity index (χ0v) is 22.5. The first-order chi connectivity index (χ1) is 15.5. The average Bonchev–Trinajstić information content (AvgIpc) is 3.13. The number of methoxy groups -OCH3 is 1. The summed E-state index contributed by atoms with van der Waals surface area (Å²) in [5.74, 6) is 2.54. The molecule has 4 rings (SSSR count). The van der Waals surface area contributed by atoms with Crippen molar-refractivity contribution in [3.8, 4) is 0 Å². The predicted molar refractivity (Wildman–Crippen MR) is 130 cm³/mol. The van der Waals surface area contributed by atoms with Crippen LogP contribution in [0.3, 0.4) is 0 Å². The topological polar surface area (TPSA) is 69.7 Å². The molecule has 0 aromatic carbocycles. The molecular formula is C27H41BrO5. The molecule has 4 fully saturated rings. The summed E-state index contributed by atoms with van der Waals surface area (Å²) in [5.41, 5.74) is -0.206. The highest BCUT2D eigenvalue weighted by Gasteiger charge is 2.66. The Hall–Kier alpha value is -0.910. The number of Topliss-reactive ketones (excluding diaryl/α,β-unsaturated/α-hetero) is 1. The number of hydrogen-bond acceptors (Lipinski definition) is 5. The van der Waals surface area contributed by atoms with Crippen LogP contribution in [0.4, 0.5) is 0 Å². The van der Waals surface area contributed by atoms with E-state index >= 15 is 0 Å². The molecule has 0 heterocycles. The summed E-state index contributed by atoms with van der Waals surface area (Å²) in [6.45, 7) is 8.37. The third-order valence-corrected chi connectivity index (χ3v) is 11.5. The van der Waals surface area contributed by atoms with E-state index in [1.54, 1.807) is 0 Å². The van der Waals surface area contributed by atoms with Gasteiger partial charge in [-0.05, 0) is 92.3 Å². The van der Waals surface area contributed by atoms with Gasteiger partial charge in [0.1, 0.15) is 6.10 Å². The zero-order chi connectivity index (χ0) is 24.1. The molecule has 186 valence electrons. The number of alkyl halides is 1. The molecule has 0 saturated heterocycles. The summed E-state index contributed by atoms with van der Waals surface area (Å²) >= 11 is 3.96. The summed E-state index contributed by atoms with van der Waals surface area (Å²) in [6.07, 6.45) is 8.62. The van der Waals surface area contributed by atoms with E-state index < -0.39 is 0 Å². The molecule has 33 heavy (non-hydrogen) atoms. The number of halogens is 1. The maximum atomic E-state index is 14.1. The summed E-state index contributed by atoms with van der Waals surface area (Å²) in [5, 5.41) is 0. The Morgan fingerprint density at radius 3 is 2.55 bits per heavy atom. The molecule has 0 amide bonds. The molecule has 0 aliphatic heterocycles. The molecule has 0 radical (unpaired) electrons. The number of carbonyl (C=O) groups is 3. The minimum atomic E-state index is -0.316. The van der Waals surface area contributed by atoms with Crippen molar-refractivity contribution in [2.24, 2.45) is 46.3 Å². The van der Waals surface area contributed by atoms with Gasteiger partial charge in [0.2, 0.25) is 0 Å². The van der Waals surface area contributed by atoms with E-state index in [0.717, 1.165) is 44.9 Å². The van der Waals surface area contributed by atoms with Crippen LogP contribution in [-0.4, -0.2) is 35.8 Å². The smallest absolute Gasteiger partial charge is 0.305 e. The molecule has 0 N–H and O–H groups in total. The zero-order valence-electron chi connectivity index (χ0n) is 20.9. The van der Waals surface area contributed by atoms with Gasteiger partial charge in [0.15, 0.2) is 5.78 Å². The first-order valence-electron chi connectivity index (χ1n) is 13.0. The average molecular weight is 526 g/mol. The molecule has 0 aromatic heterocycles. The fraction of sp³-hybridized carbons (Fsp3) is 0.889. The van der Waals surface area contributed by atoms with Crippen LogP contribution in [0.5, 0.6) is 0 Å². The number of rotatable bonds is 5. The number of carbonyl (C=O) groups excluding carboxylic acids is 3. The van der Waals surface area contributed by atoms with Crippen LogP contribution < -0.4 is 0 Å². The second-order valence-electron chi connectivity index (χ2n) is 11.9. The van der Waals surface area contributed by atoms with E-state index in [4.69, 9.17) is 9.47 Å². The van der Waals surface area contributed by atoms with E-state index in [2.05, 4.69) is 36.7 Å². The van der Waals surface area contributed by atoms with Crippen LogP contribution in [0.15, 0.2) is 0 Å². The molecule has 0 aromatic rings. The highest BCUT2D eigenvalue weighted by molar-refractivity contribution is 9.10. The maximum absolute atomic E-state index is 14.1. The standard InChI is InChI=1S/C27H41BrO5/c1-15(6-11-22(30)32-5)20-9-10-21-19-8-7-17-14-18(33-16(2)29)12-13-26(17,3)23(19)24(28)25(31)27(20,21)4/h15,17-21,23-24H,6-14H2,1-5H3/t15-,17-,18-,19+,20+,21-,23+,24+,26+,27+/m1/s1. The van der Waals surface area contributed by atoms with E-state index in [1.807, 2.05) is 0 Å². The third-order valence-electron chi connectivity index (χ3n) is 10.5. The van der Waals surface area contributed by atoms with Crippen molar-refractivity contribution in [1.82, 2.24) is 0 Å². The van der Waals surface area contributed by atoms with Crippen LogP contribution in [0.1, 0.15) is 85.5 Å².